The predicted molar refractivity (Wildman–Crippen MR) is 113 cm³/mol. The summed E-state index contributed by atoms with van der Waals surface area (Å²) in [4.78, 5) is 24.2. The summed E-state index contributed by atoms with van der Waals surface area (Å²) in [6.45, 7) is -0.191. The van der Waals surface area contributed by atoms with Crippen LogP contribution in [0.5, 0.6) is 11.6 Å². The molecule has 1 aliphatic heterocycles. The van der Waals surface area contributed by atoms with Crippen molar-refractivity contribution in [3.63, 3.8) is 0 Å². The Morgan fingerprint density at radius 2 is 1.88 bits per heavy atom. The molecule has 0 bridgehead atoms. The standard InChI is InChI=1S/C21H17N3O7S/c1-31-15-5-4-14-11-24(18(25)17(14)10-15)12-21(19(26)22-20(27)23-21)9-8-13-2-6-16(7-3-13)32(28,29)30/h2-7,10-11,25H,12H2,1H3,(H,28,29,30)(H2,22,23,26,27)/t21-/m1/s1. The van der Waals surface area contributed by atoms with Crippen molar-refractivity contribution in [2.45, 2.75) is 17.0 Å². The van der Waals surface area contributed by atoms with Crippen LogP contribution in [0.4, 0.5) is 4.79 Å². The number of hydrogen-bond acceptors (Lipinski definition) is 6. The van der Waals surface area contributed by atoms with E-state index in [0.717, 1.165) is 12.1 Å². The molecule has 2 aromatic carbocycles. The second-order valence-electron chi connectivity index (χ2n) is 7.10. The Kier molecular flexibility index (Phi) is 5.04. The number of aromatic hydroxyl groups is 1. The smallest absolute Gasteiger partial charge is 0.323 e. The Labute approximate surface area is 182 Å². The lowest BCUT2D eigenvalue weighted by Gasteiger charge is -2.20. The highest BCUT2D eigenvalue weighted by molar-refractivity contribution is 7.85. The fraction of sp³-hybridized carbons (Fsp3) is 0.143. The van der Waals surface area contributed by atoms with E-state index in [4.69, 9.17) is 9.29 Å². The molecule has 10 nitrogen and oxygen atoms in total. The van der Waals surface area contributed by atoms with E-state index in [1.54, 1.807) is 24.4 Å². The molecule has 1 aliphatic rings. The van der Waals surface area contributed by atoms with E-state index in [1.807, 2.05) is 0 Å². The molecule has 0 saturated carbocycles. The quantitative estimate of drug-likeness (QED) is 0.263. The van der Waals surface area contributed by atoms with Crippen molar-refractivity contribution < 1.29 is 32.4 Å². The second-order valence-corrected chi connectivity index (χ2v) is 8.52. The Bertz CT molecular complexity index is 1420. The molecule has 1 atom stereocenters. The van der Waals surface area contributed by atoms with E-state index < -0.39 is 27.6 Å². The normalized spacial score (nSPS) is 18.1. The minimum Gasteiger partial charge on any atom is -0.497 e. The van der Waals surface area contributed by atoms with Crippen LogP contribution in [0.1, 0.15) is 5.56 Å². The maximum Gasteiger partial charge on any atom is 0.323 e. The van der Waals surface area contributed by atoms with E-state index >= 15 is 0 Å². The molecule has 4 rings (SSSR count). The number of amides is 3. The summed E-state index contributed by atoms with van der Waals surface area (Å²) < 4.78 is 38.0. The van der Waals surface area contributed by atoms with Gasteiger partial charge >= 0.3 is 6.03 Å². The van der Waals surface area contributed by atoms with E-state index in [9.17, 15) is 23.1 Å². The van der Waals surface area contributed by atoms with Crippen LogP contribution in [0.3, 0.4) is 0 Å². The summed E-state index contributed by atoms with van der Waals surface area (Å²) in [7, 11) is -2.85. The highest BCUT2D eigenvalue weighted by atomic mass is 32.2. The summed E-state index contributed by atoms with van der Waals surface area (Å²) in [5, 5.41) is 16.5. The summed E-state index contributed by atoms with van der Waals surface area (Å²) >= 11 is 0. The van der Waals surface area contributed by atoms with Gasteiger partial charge in [-0.1, -0.05) is 11.8 Å². The maximum absolute atomic E-state index is 12.6. The molecule has 4 N–H and O–H groups in total. The fourth-order valence-corrected chi connectivity index (χ4v) is 3.83. The fourth-order valence-electron chi connectivity index (χ4n) is 3.35. The average molecular weight is 455 g/mol. The molecule has 32 heavy (non-hydrogen) atoms. The largest absolute Gasteiger partial charge is 0.497 e. The molecule has 3 amide bonds. The van der Waals surface area contributed by atoms with Gasteiger partial charge in [0.05, 0.1) is 18.6 Å². The van der Waals surface area contributed by atoms with Gasteiger partial charge in [-0.05, 0) is 42.5 Å². The number of methoxy groups -OCH3 is 1. The molecule has 2 heterocycles. The third-order valence-electron chi connectivity index (χ3n) is 4.99. The van der Waals surface area contributed by atoms with Gasteiger partial charge in [-0.25, -0.2) is 4.79 Å². The van der Waals surface area contributed by atoms with E-state index in [0.29, 0.717) is 22.1 Å². The van der Waals surface area contributed by atoms with Gasteiger partial charge in [-0.3, -0.25) is 14.7 Å². The van der Waals surface area contributed by atoms with Gasteiger partial charge in [0, 0.05) is 22.5 Å². The number of benzene rings is 2. The van der Waals surface area contributed by atoms with E-state index in [2.05, 4.69) is 22.5 Å². The van der Waals surface area contributed by atoms with Gasteiger partial charge in [0.15, 0.2) is 5.88 Å². The zero-order valence-corrected chi connectivity index (χ0v) is 17.4. The number of nitrogens with zero attached hydrogens (tertiary/aromatic N) is 1. The number of nitrogens with one attached hydrogen (secondary N) is 2. The first-order chi connectivity index (χ1) is 15.1. The molecular weight excluding hydrogens is 438 g/mol. The number of fused-ring (bicyclic) bond motifs is 1. The molecule has 1 aromatic heterocycles. The molecule has 0 radical (unpaired) electrons. The topological polar surface area (TPSA) is 147 Å². The highest BCUT2D eigenvalue weighted by Crippen LogP contribution is 2.32. The molecule has 3 aromatic rings. The van der Waals surface area contributed by atoms with Crippen LogP contribution in [0.15, 0.2) is 53.6 Å². The van der Waals surface area contributed by atoms with Crippen molar-refractivity contribution in [1.29, 1.82) is 0 Å². The number of urea groups is 1. The number of rotatable bonds is 4. The molecular formula is C21H17N3O7S. The Balaban J connectivity index is 1.72. The van der Waals surface area contributed by atoms with Gasteiger partial charge in [0.25, 0.3) is 16.0 Å². The van der Waals surface area contributed by atoms with Crippen molar-refractivity contribution in [1.82, 2.24) is 15.2 Å². The SMILES string of the molecule is COc1ccc2cn(C[C@@]3(C#Cc4ccc(S(=O)(=O)O)cc4)NC(=O)NC3=O)c(O)c2c1. The first-order valence-corrected chi connectivity index (χ1v) is 10.7. The molecule has 0 aliphatic carbocycles. The number of ether oxygens (including phenoxy) is 1. The third kappa shape index (κ3) is 3.84. The summed E-state index contributed by atoms with van der Waals surface area (Å²) in [6.07, 6.45) is 1.62. The first kappa shape index (κ1) is 21.2. The molecule has 0 unspecified atom stereocenters. The number of aromatic nitrogens is 1. The Hall–Kier alpha value is -4.01. The summed E-state index contributed by atoms with van der Waals surface area (Å²) in [5.41, 5.74) is -1.34. The van der Waals surface area contributed by atoms with Crippen LogP contribution in [-0.2, 0) is 21.5 Å². The number of carbonyl (C=O) groups excluding carboxylic acids is 2. The lowest BCUT2D eigenvalue weighted by atomic mass is 10.00. The predicted octanol–water partition coefficient (Wildman–Crippen LogP) is 1.23. The van der Waals surface area contributed by atoms with Crippen LogP contribution < -0.4 is 15.4 Å². The van der Waals surface area contributed by atoms with E-state index in [-0.39, 0.29) is 17.3 Å². The maximum atomic E-state index is 12.6. The van der Waals surface area contributed by atoms with Gasteiger partial charge in [0.1, 0.15) is 5.75 Å². The zero-order valence-electron chi connectivity index (χ0n) is 16.6. The number of hydrogen-bond donors (Lipinski definition) is 4. The minimum atomic E-state index is -4.35. The Morgan fingerprint density at radius 1 is 1.16 bits per heavy atom. The molecule has 1 fully saturated rings. The van der Waals surface area contributed by atoms with Crippen molar-refractivity contribution in [3.05, 3.63) is 54.2 Å². The van der Waals surface area contributed by atoms with Crippen molar-refractivity contribution in [2.24, 2.45) is 0 Å². The van der Waals surface area contributed by atoms with Gasteiger partial charge < -0.3 is 19.7 Å². The summed E-state index contributed by atoms with van der Waals surface area (Å²) in [6, 6.07) is 9.41. The van der Waals surface area contributed by atoms with Crippen molar-refractivity contribution in [3.8, 4) is 23.5 Å². The molecule has 164 valence electrons. The molecule has 0 spiro atoms. The summed E-state index contributed by atoms with van der Waals surface area (Å²) in [5.74, 6) is 5.18. The van der Waals surface area contributed by atoms with Crippen molar-refractivity contribution in [2.75, 3.05) is 7.11 Å². The van der Waals surface area contributed by atoms with Crippen LogP contribution in [0.2, 0.25) is 0 Å². The molecule has 1 saturated heterocycles. The number of carbonyl (C=O) groups is 2. The lowest BCUT2D eigenvalue weighted by Crippen LogP contribution is -2.49. The van der Waals surface area contributed by atoms with Crippen LogP contribution in [0, 0.1) is 11.8 Å². The van der Waals surface area contributed by atoms with E-state index in [1.165, 1.54) is 23.8 Å². The van der Waals surface area contributed by atoms with Crippen LogP contribution >= 0.6 is 0 Å². The van der Waals surface area contributed by atoms with Gasteiger partial charge in [0.2, 0.25) is 5.54 Å². The average Bonchev–Trinajstić information content (AvgIpc) is 3.21. The highest BCUT2D eigenvalue weighted by Gasteiger charge is 2.46. The number of imide groups is 1. The van der Waals surface area contributed by atoms with Gasteiger partial charge in [-0.15, -0.1) is 0 Å². The monoisotopic (exact) mass is 455 g/mol. The Morgan fingerprint density at radius 3 is 2.47 bits per heavy atom. The third-order valence-corrected chi connectivity index (χ3v) is 5.86. The zero-order chi connectivity index (χ0) is 23.1. The first-order valence-electron chi connectivity index (χ1n) is 9.21. The lowest BCUT2D eigenvalue weighted by molar-refractivity contribution is -0.122. The van der Waals surface area contributed by atoms with Crippen LogP contribution in [-0.4, -0.2) is 47.2 Å². The second kappa shape index (κ2) is 7.60. The van der Waals surface area contributed by atoms with Gasteiger partial charge in [-0.2, -0.15) is 8.42 Å². The minimum absolute atomic E-state index is 0.133. The van der Waals surface area contributed by atoms with Crippen LogP contribution in [0.25, 0.3) is 10.8 Å². The molecule has 11 heteroatoms. The van der Waals surface area contributed by atoms with Crippen molar-refractivity contribution >= 4 is 32.8 Å².